The van der Waals surface area contributed by atoms with Crippen molar-refractivity contribution in [2.75, 3.05) is 19.0 Å². The lowest BCUT2D eigenvalue weighted by Crippen LogP contribution is -2.15. The fourth-order valence-electron chi connectivity index (χ4n) is 2.72. The van der Waals surface area contributed by atoms with Crippen LogP contribution >= 0.6 is 0 Å². The van der Waals surface area contributed by atoms with Gasteiger partial charge in [-0.15, -0.1) is 0 Å². The predicted molar refractivity (Wildman–Crippen MR) is 98.7 cm³/mol. The largest absolute Gasteiger partial charge is 0.497 e. The minimum atomic E-state index is -0.241. The van der Waals surface area contributed by atoms with Crippen LogP contribution in [0.3, 0.4) is 0 Å². The number of methoxy groups -OCH3 is 1. The lowest BCUT2D eigenvalue weighted by molar-refractivity contribution is 0.102. The molecule has 1 N–H and O–H groups in total. The van der Waals surface area contributed by atoms with Crippen LogP contribution in [0.15, 0.2) is 48.9 Å². The number of hydrogen-bond donors (Lipinski definition) is 1. The number of rotatable bonds is 6. The topological polar surface area (TPSA) is 73.3 Å². The summed E-state index contributed by atoms with van der Waals surface area (Å²) in [5.41, 5.74) is 1.91. The van der Waals surface area contributed by atoms with E-state index < -0.39 is 0 Å². The zero-order chi connectivity index (χ0) is 17.9. The Hall–Kier alpha value is -3.15. The third kappa shape index (κ3) is 3.44. The molecule has 132 valence electrons. The third-order valence-corrected chi connectivity index (χ3v) is 4.40. The first-order valence-electron chi connectivity index (χ1n) is 8.55. The van der Waals surface area contributed by atoms with Gasteiger partial charge >= 0.3 is 0 Å². The molecule has 4 rings (SSSR count). The Morgan fingerprint density at radius 3 is 2.92 bits per heavy atom. The van der Waals surface area contributed by atoms with Crippen LogP contribution in [0.25, 0.3) is 10.9 Å². The molecule has 1 aliphatic rings. The molecule has 1 amide bonds. The van der Waals surface area contributed by atoms with Crippen LogP contribution in [0.4, 0.5) is 5.69 Å². The highest BCUT2D eigenvalue weighted by Crippen LogP contribution is 2.32. The first kappa shape index (κ1) is 16.3. The zero-order valence-corrected chi connectivity index (χ0v) is 14.4. The second-order valence-corrected chi connectivity index (χ2v) is 6.32. The normalized spacial score (nSPS) is 13.4. The number of aromatic nitrogens is 2. The maximum Gasteiger partial charge on any atom is 0.259 e. The smallest absolute Gasteiger partial charge is 0.259 e. The SMILES string of the molecule is COc1ccc(C(=O)Nc2ccnc3ccncc23)c(OCC2CC2)c1. The standard InChI is InChI=1S/C20H19N3O3/c1-25-14-4-5-15(19(10-14)26-12-13-2-3-13)20(24)23-18-7-9-22-17-6-8-21-11-16(17)18/h4-11,13H,2-3,12H2,1H3,(H,22,23,24). The third-order valence-electron chi connectivity index (χ3n) is 4.40. The molecule has 1 fully saturated rings. The van der Waals surface area contributed by atoms with Crippen LogP contribution in [0.1, 0.15) is 23.2 Å². The quantitative estimate of drug-likeness (QED) is 0.735. The Balaban J connectivity index is 1.62. The van der Waals surface area contributed by atoms with Gasteiger partial charge in [0.1, 0.15) is 11.5 Å². The molecule has 26 heavy (non-hydrogen) atoms. The molecule has 6 nitrogen and oxygen atoms in total. The highest BCUT2D eigenvalue weighted by atomic mass is 16.5. The summed E-state index contributed by atoms with van der Waals surface area (Å²) in [7, 11) is 1.59. The number of ether oxygens (including phenoxy) is 2. The molecule has 1 aliphatic carbocycles. The summed E-state index contributed by atoms with van der Waals surface area (Å²) >= 11 is 0. The van der Waals surface area contributed by atoms with Gasteiger partial charge in [-0.25, -0.2) is 0 Å². The number of nitrogens with one attached hydrogen (secondary N) is 1. The minimum Gasteiger partial charge on any atom is -0.497 e. The highest BCUT2D eigenvalue weighted by Gasteiger charge is 2.23. The summed E-state index contributed by atoms with van der Waals surface area (Å²) in [6, 6.07) is 8.80. The number of hydrogen-bond acceptors (Lipinski definition) is 5. The highest BCUT2D eigenvalue weighted by molar-refractivity contribution is 6.09. The Morgan fingerprint density at radius 2 is 2.12 bits per heavy atom. The lowest BCUT2D eigenvalue weighted by atomic mass is 10.1. The molecule has 1 aromatic carbocycles. The summed E-state index contributed by atoms with van der Waals surface area (Å²) in [5, 5.41) is 3.73. The predicted octanol–water partition coefficient (Wildman–Crippen LogP) is 3.68. The van der Waals surface area contributed by atoms with Crippen LogP contribution < -0.4 is 14.8 Å². The fourth-order valence-corrected chi connectivity index (χ4v) is 2.72. The van der Waals surface area contributed by atoms with Gasteiger partial charge in [-0.2, -0.15) is 0 Å². The van der Waals surface area contributed by atoms with Gasteiger partial charge in [0.2, 0.25) is 0 Å². The van der Waals surface area contributed by atoms with Crippen molar-refractivity contribution >= 4 is 22.5 Å². The van der Waals surface area contributed by atoms with Crippen LogP contribution in [-0.4, -0.2) is 29.6 Å². The zero-order valence-electron chi connectivity index (χ0n) is 14.4. The van der Waals surface area contributed by atoms with Gasteiger partial charge in [0.15, 0.2) is 0 Å². The molecule has 0 saturated heterocycles. The van der Waals surface area contributed by atoms with E-state index >= 15 is 0 Å². The maximum atomic E-state index is 12.9. The monoisotopic (exact) mass is 349 g/mol. The van der Waals surface area contributed by atoms with E-state index in [1.165, 1.54) is 12.8 Å². The summed E-state index contributed by atoms with van der Waals surface area (Å²) in [6.07, 6.45) is 7.39. The Labute approximate surface area is 151 Å². The van der Waals surface area contributed by atoms with E-state index in [0.717, 1.165) is 10.9 Å². The number of fused-ring (bicyclic) bond motifs is 1. The van der Waals surface area contributed by atoms with E-state index in [2.05, 4.69) is 15.3 Å². The van der Waals surface area contributed by atoms with Gasteiger partial charge < -0.3 is 14.8 Å². The second-order valence-electron chi connectivity index (χ2n) is 6.32. The Kier molecular flexibility index (Phi) is 4.39. The molecule has 0 bridgehead atoms. The number of benzene rings is 1. The molecular formula is C20H19N3O3. The molecule has 6 heteroatoms. The van der Waals surface area contributed by atoms with E-state index in [4.69, 9.17) is 9.47 Å². The number of carbonyl (C=O) groups excluding carboxylic acids is 1. The van der Waals surface area contributed by atoms with Gasteiger partial charge in [-0.05, 0) is 43.0 Å². The van der Waals surface area contributed by atoms with Gasteiger partial charge in [-0.1, -0.05) is 0 Å². The number of amides is 1. The van der Waals surface area contributed by atoms with Crippen molar-refractivity contribution in [3.05, 3.63) is 54.5 Å². The van der Waals surface area contributed by atoms with E-state index in [-0.39, 0.29) is 5.91 Å². The summed E-state index contributed by atoms with van der Waals surface area (Å²) in [5.74, 6) is 1.54. The Morgan fingerprint density at radius 1 is 1.23 bits per heavy atom. The van der Waals surface area contributed by atoms with Gasteiger partial charge in [-0.3, -0.25) is 14.8 Å². The van der Waals surface area contributed by atoms with Crippen molar-refractivity contribution in [1.29, 1.82) is 0 Å². The molecular weight excluding hydrogens is 330 g/mol. The number of pyridine rings is 2. The molecule has 0 radical (unpaired) electrons. The molecule has 0 atom stereocenters. The average molecular weight is 349 g/mol. The van der Waals surface area contributed by atoms with Crippen LogP contribution in [0, 0.1) is 5.92 Å². The summed E-state index contributed by atoms with van der Waals surface area (Å²) < 4.78 is 11.1. The van der Waals surface area contributed by atoms with E-state index in [1.807, 2.05) is 6.07 Å². The fraction of sp³-hybridized carbons (Fsp3) is 0.250. The van der Waals surface area contributed by atoms with E-state index in [1.54, 1.807) is 50.0 Å². The number of nitrogens with zero attached hydrogens (tertiary/aromatic N) is 2. The van der Waals surface area contributed by atoms with Crippen molar-refractivity contribution in [2.24, 2.45) is 5.92 Å². The lowest BCUT2D eigenvalue weighted by Gasteiger charge is -2.13. The minimum absolute atomic E-state index is 0.241. The summed E-state index contributed by atoms with van der Waals surface area (Å²) in [4.78, 5) is 21.3. The van der Waals surface area contributed by atoms with Crippen molar-refractivity contribution in [3.63, 3.8) is 0 Å². The van der Waals surface area contributed by atoms with Gasteiger partial charge in [0, 0.05) is 30.0 Å². The second kappa shape index (κ2) is 7.00. The van der Waals surface area contributed by atoms with E-state index in [0.29, 0.717) is 35.3 Å². The Bertz CT molecular complexity index is 949. The first-order valence-corrected chi connectivity index (χ1v) is 8.55. The van der Waals surface area contributed by atoms with Crippen LogP contribution in [0.5, 0.6) is 11.5 Å². The average Bonchev–Trinajstić information content (AvgIpc) is 3.51. The van der Waals surface area contributed by atoms with Crippen LogP contribution in [0.2, 0.25) is 0 Å². The van der Waals surface area contributed by atoms with Gasteiger partial charge in [0.25, 0.3) is 5.91 Å². The van der Waals surface area contributed by atoms with Gasteiger partial charge in [0.05, 0.1) is 30.5 Å². The molecule has 0 aliphatic heterocycles. The molecule has 2 heterocycles. The van der Waals surface area contributed by atoms with Crippen LogP contribution in [-0.2, 0) is 0 Å². The van der Waals surface area contributed by atoms with Crippen molar-refractivity contribution in [1.82, 2.24) is 9.97 Å². The molecule has 1 saturated carbocycles. The number of anilines is 1. The molecule has 3 aromatic rings. The summed E-state index contributed by atoms with van der Waals surface area (Å²) in [6.45, 7) is 0.621. The van der Waals surface area contributed by atoms with Crippen molar-refractivity contribution in [2.45, 2.75) is 12.8 Å². The van der Waals surface area contributed by atoms with E-state index in [9.17, 15) is 4.79 Å². The van der Waals surface area contributed by atoms with Crippen molar-refractivity contribution < 1.29 is 14.3 Å². The molecule has 2 aromatic heterocycles. The molecule has 0 unspecified atom stereocenters. The maximum absolute atomic E-state index is 12.9. The molecule has 0 spiro atoms. The number of carbonyl (C=O) groups is 1. The first-order chi connectivity index (χ1) is 12.7. The van der Waals surface area contributed by atoms with Crippen molar-refractivity contribution in [3.8, 4) is 11.5 Å².